The average molecular weight is 190 g/mol. The molecule has 0 N–H and O–H groups in total. The molecule has 3 heteroatoms. The zero-order valence-electron chi connectivity index (χ0n) is 7.24. The summed E-state index contributed by atoms with van der Waals surface area (Å²) >= 11 is 0. The van der Waals surface area contributed by atoms with Crippen LogP contribution < -0.4 is 0 Å². The van der Waals surface area contributed by atoms with Crippen LogP contribution >= 0.6 is 0 Å². The summed E-state index contributed by atoms with van der Waals surface area (Å²) in [6.07, 6.45) is 2.12. The Morgan fingerprint density at radius 3 is 2.79 bits per heavy atom. The molecule has 1 heterocycles. The third-order valence-corrected chi connectivity index (χ3v) is 1.93. The van der Waals surface area contributed by atoms with E-state index in [1.54, 1.807) is 12.1 Å². The molecule has 2 rings (SSSR count). The minimum Gasteiger partial charge on any atom is -0.464 e. The Kier molecular flexibility index (Phi) is 2.14. The van der Waals surface area contributed by atoms with Gasteiger partial charge in [0.2, 0.25) is 0 Å². The van der Waals surface area contributed by atoms with Crippen LogP contribution in [-0.2, 0) is 0 Å². The van der Waals surface area contributed by atoms with E-state index in [0.717, 1.165) is 0 Å². The highest BCUT2D eigenvalue weighted by Crippen LogP contribution is 2.23. The fourth-order valence-electron chi connectivity index (χ4n) is 1.29. The number of rotatable bonds is 2. The van der Waals surface area contributed by atoms with Crippen LogP contribution in [0.15, 0.2) is 41.0 Å². The lowest BCUT2D eigenvalue weighted by Crippen LogP contribution is -1.87. The molecule has 0 unspecified atom stereocenters. The predicted molar refractivity (Wildman–Crippen MR) is 49.5 cm³/mol. The summed E-state index contributed by atoms with van der Waals surface area (Å²) in [5.74, 6) is 0.134. The molecular formula is C11H7FO2. The van der Waals surface area contributed by atoms with Gasteiger partial charge in [-0.2, -0.15) is 0 Å². The first-order chi connectivity index (χ1) is 6.81. The van der Waals surface area contributed by atoms with Crippen LogP contribution in [0, 0.1) is 5.82 Å². The van der Waals surface area contributed by atoms with E-state index in [1.807, 2.05) is 0 Å². The molecule has 70 valence electrons. The van der Waals surface area contributed by atoms with E-state index >= 15 is 0 Å². The highest BCUT2D eigenvalue weighted by atomic mass is 19.1. The smallest absolute Gasteiger partial charge is 0.150 e. The van der Waals surface area contributed by atoms with Gasteiger partial charge in [-0.15, -0.1) is 0 Å². The van der Waals surface area contributed by atoms with Crippen LogP contribution in [0.3, 0.4) is 0 Å². The van der Waals surface area contributed by atoms with Gasteiger partial charge >= 0.3 is 0 Å². The largest absolute Gasteiger partial charge is 0.464 e. The molecule has 1 aromatic heterocycles. The number of carbonyl (C=O) groups is 1. The Morgan fingerprint density at radius 2 is 2.14 bits per heavy atom. The lowest BCUT2D eigenvalue weighted by atomic mass is 10.1. The van der Waals surface area contributed by atoms with Gasteiger partial charge in [-0.05, 0) is 30.3 Å². The van der Waals surface area contributed by atoms with Crippen molar-refractivity contribution in [2.24, 2.45) is 0 Å². The Bertz CT molecular complexity index is 446. The Morgan fingerprint density at radius 1 is 1.29 bits per heavy atom. The summed E-state index contributed by atoms with van der Waals surface area (Å²) in [7, 11) is 0. The van der Waals surface area contributed by atoms with E-state index in [9.17, 15) is 9.18 Å². The van der Waals surface area contributed by atoms with Crippen molar-refractivity contribution in [1.29, 1.82) is 0 Å². The van der Waals surface area contributed by atoms with E-state index in [0.29, 0.717) is 23.2 Å². The van der Waals surface area contributed by atoms with Crippen LogP contribution in [0.1, 0.15) is 10.4 Å². The topological polar surface area (TPSA) is 30.2 Å². The fourth-order valence-corrected chi connectivity index (χ4v) is 1.29. The second kappa shape index (κ2) is 3.46. The SMILES string of the molecule is O=Cc1cc(F)ccc1-c1ccco1. The number of furan rings is 1. The van der Waals surface area contributed by atoms with Gasteiger partial charge in [0, 0.05) is 11.1 Å². The molecule has 0 aliphatic carbocycles. The number of aldehydes is 1. The second-order valence-electron chi connectivity index (χ2n) is 2.83. The molecule has 0 atom stereocenters. The predicted octanol–water partition coefficient (Wildman–Crippen LogP) is 2.90. The van der Waals surface area contributed by atoms with E-state index in [2.05, 4.69) is 0 Å². The maximum absolute atomic E-state index is 12.8. The average Bonchev–Trinajstić information content (AvgIpc) is 2.70. The summed E-state index contributed by atoms with van der Waals surface area (Å²) in [5.41, 5.74) is 0.895. The molecule has 0 radical (unpaired) electrons. The maximum Gasteiger partial charge on any atom is 0.150 e. The van der Waals surface area contributed by atoms with E-state index in [-0.39, 0.29) is 0 Å². The third-order valence-electron chi connectivity index (χ3n) is 1.93. The molecule has 2 nitrogen and oxygen atoms in total. The number of halogens is 1. The summed E-state index contributed by atoms with van der Waals surface area (Å²) in [4.78, 5) is 10.7. The van der Waals surface area contributed by atoms with Gasteiger partial charge in [0.1, 0.15) is 11.6 Å². The molecule has 1 aromatic carbocycles. The molecule has 0 aliphatic rings. The summed E-state index contributed by atoms with van der Waals surface area (Å²) in [6.45, 7) is 0. The van der Waals surface area contributed by atoms with Gasteiger partial charge in [-0.25, -0.2) is 4.39 Å². The molecule has 0 saturated heterocycles. The zero-order chi connectivity index (χ0) is 9.97. The van der Waals surface area contributed by atoms with Crippen LogP contribution in [0.2, 0.25) is 0 Å². The van der Waals surface area contributed by atoms with Crippen molar-refractivity contribution in [3.8, 4) is 11.3 Å². The first-order valence-corrected chi connectivity index (χ1v) is 4.10. The van der Waals surface area contributed by atoms with Gasteiger partial charge in [0.25, 0.3) is 0 Å². The summed E-state index contributed by atoms with van der Waals surface area (Å²) < 4.78 is 17.9. The minimum atomic E-state index is -0.428. The van der Waals surface area contributed by atoms with Crippen molar-refractivity contribution in [3.63, 3.8) is 0 Å². The normalized spacial score (nSPS) is 10.1. The first-order valence-electron chi connectivity index (χ1n) is 4.10. The fraction of sp³-hybridized carbons (Fsp3) is 0. The highest BCUT2D eigenvalue weighted by molar-refractivity contribution is 5.86. The van der Waals surface area contributed by atoms with Crippen LogP contribution in [0.25, 0.3) is 11.3 Å². The Hall–Kier alpha value is -1.90. The second-order valence-corrected chi connectivity index (χ2v) is 2.83. The molecule has 0 bridgehead atoms. The van der Waals surface area contributed by atoms with Gasteiger partial charge < -0.3 is 4.42 Å². The lowest BCUT2D eigenvalue weighted by molar-refractivity contribution is 0.112. The Labute approximate surface area is 80.0 Å². The summed E-state index contributed by atoms with van der Waals surface area (Å²) in [6, 6.07) is 7.45. The van der Waals surface area contributed by atoms with Crippen molar-refractivity contribution in [1.82, 2.24) is 0 Å². The van der Waals surface area contributed by atoms with E-state index < -0.39 is 5.82 Å². The standard InChI is InChI=1S/C11H7FO2/c12-9-3-4-10(8(6-9)7-13)11-2-1-5-14-11/h1-7H. The lowest BCUT2D eigenvalue weighted by Gasteiger charge is -2.00. The Balaban J connectivity index is 2.58. The molecule has 0 fully saturated rings. The molecule has 0 aliphatic heterocycles. The molecule has 0 amide bonds. The van der Waals surface area contributed by atoms with Crippen molar-refractivity contribution < 1.29 is 13.6 Å². The zero-order valence-corrected chi connectivity index (χ0v) is 7.24. The number of benzene rings is 1. The van der Waals surface area contributed by atoms with Crippen LogP contribution in [-0.4, -0.2) is 6.29 Å². The van der Waals surface area contributed by atoms with Gasteiger partial charge in [0.05, 0.1) is 6.26 Å². The molecule has 2 aromatic rings. The van der Waals surface area contributed by atoms with Crippen molar-refractivity contribution >= 4 is 6.29 Å². The van der Waals surface area contributed by atoms with Crippen LogP contribution in [0.5, 0.6) is 0 Å². The van der Waals surface area contributed by atoms with Gasteiger partial charge in [-0.1, -0.05) is 0 Å². The number of hydrogen-bond donors (Lipinski definition) is 0. The van der Waals surface area contributed by atoms with E-state index in [1.165, 1.54) is 24.5 Å². The minimum absolute atomic E-state index is 0.292. The quantitative estimate of drug-likeness (QED) is 0.681. The molecule has 14 heavy (non-hydrogen) atoms. The van der Waals surface area contributed by atoms with Crippen molar-refractivity contribution in [3.05, 3.63) is 48.0 Å². The number of hydrogen-bond acceptors (Lipinski definition) is 2. The third kappa shape index (κ3) is 1.44. The van der Waals surface area contributed by atoms with Gasteiger partial charge in [0.15, 0.2) is 6.29 Å². The first kappa shape index (κ1) is 8.69. The summed E-state index contributed by atoms with van der Waals surface area (Å²) in [5, 5.41) is 0. The molecule has 0 saturated carbocycles. The van der Waals surface area contributed by atoms with Crippen LogP contribution in [0.4, 0.5) is 4.39 Å². The maximum atomic E-state index is 12.8. The van der Waals surface area contributed by atoms with Crippen molar-refractivity contribution in [2.75, 3.05) is 0 Å². The highest BCUT2D eigenvalue weighted by Gasteiger charge is 2.07. The van der Waals surface area contributed by atoms with E-state index in [4.69, 9.17) is 4.42 Å². The monoisotopic (exact) mass is 190 g/mol. The molecule has 0 spiro atoms. The molecular weight excluding hydrogens is 183 g/mol. The number of carbonyl (C=O) groups excluding carboxylic acids is 1. The van der Waals surface area contributed by atoms with Crippen molar-refractivity contribution in [2.45, 2.75) is 0 Å². The van der Waals surface area contributed by atoms with Gasteiger partial charge in [-0.3, -0.25) is 4.79 Å².